The van der Waals surface area contributed by atoms with Crippen LogP contribution in [0.15, 0.2) is 27.9 Å². The first kappa shape index (κ1) is 21.2. The number of amides is 1. The van der Waals surface area contributed by atoms with Gasteiger partial charge in [-0.2, -0.15) is 9.78 Å². The number of rotatable bonds is 8. The molecule has 0 aliphatic carbocycles. The predicted octanol–water partition coefficient (Wildman–Crippen LogP) is 0.609. The number of benzene rings is 1. The summed E-state index contributed by atoms with van der Waals surface area (Å²) < 4.78 is 16.4. The molecule has 2 aromatic heterocycles. The molecule has 0 radical (unpaired) electrons. The molecule has 4 rings (SSSR count). The van der Waals surface area contributed by atoms with Gasteiger partial charge in [0, 0.05) is 18.2 Å². The molecule has 0 unspecified atom stereocenters. The number of hydrazone groups is 1. The molecule has 0 bridgehead atoms. The molecule has 1 amide bonds. The monoisotopic (exact) mass is 441 g/mol. The lowest BCUT2D eigenvalue weighted by Gasteiger charge is -2.13. The van der Waals surface area contributed by atoms with Gasteiger partial charge in [0.2, 0.25) is 11.6 Å². The van der Waals surface area contributed by atoms with E-state index in [1.165, 1.54) is 18.0 Å². The summed E-state index contributed by atoms with van der Waals surface area (Å²) in [5.74, 6) is 0.725. The Morgan fingerprint density at radius 2 is 2.09 bits per heavy atom. The number of methoxy groups -OCH3 is 2. The van der Waals surface area contributed by atoms with Crippen molar-refractivity contribution in [3.8, 4) is 17.3 Å². The topological polar surface area (TPSA) is 159 Å². The second-order valence-electron chi connectivity index (χ2n) is 7.06. The lowest BCUT2D eigenvalue weighted by Crippen LogP contribution is -2.26. The number of hydrogen-bond donors (Lipinski definition) is 2. The van der Waals surface area contributed by atoms with Crippen molar-refractivity contribution in [1.82, 2.24) is 35.6 Å². The maximum atomic E-state index is 13.1. The maximum absolute atomic E-state index is 13.1. The molecule has 32 heavy (non-hydrogen) atoms. The van der Waals surface area contributed by atoms with Crippen molar-refractivity contribution in [3.63, 3.8) is 0 Å². The van der Waals surface area contributed by atoms with Gasteiger partial charge in [-0.05, 0) is 48.4 Å². The third-order valence-electron chi connectivity index (χ3n) is 5.03. The minimum atomic E-state index is -0.532. The van der Waals surface area contributed by atoms with Crippen molar-refractivity contribution in [2.24, 2.45) is 5.10 Å². The van der Waals surface area contributed by atoms with Crippen molar-refractivity contribution in [2.75, 3.05) is 33.0 Å². The molecule has 1 aromatic carbocycles. The van der Waals surface area contributed by atoms with Crippen LogP contribution in [-0.4, -0.2) is 69.6 Å². The summed E-state index contributed by atoms with van der Waals surface area (Å²) >= 11 is 0. The Morgan fingerprint density at radius 1 is 1.28 bits per heavy atom. The van der Waals surface area contributed by atoms with Crippen LogP contribution in [0.1, 0.15) is 34.6 Å². The molecule has 1 aliphatic rings. The van der Waals surface area contributed by atoms with Crippen LogP contribution in [-0.2, 0) is 6.54 Å². The summed E-state index contributed by atoms with van der Waals surface area (Å²) in [6.45, 7) is 2.32. The number of aromatic nitrogens is 5. The quantitative estimate of drug-likeness (QED) is 0.374. The van der Waals surface area contributed by atoms with E-state index in [2.05, 4.69) is 40.7 Å². The molecule has 0 saturated carbocycles. The van der Waals surface area contributed by atoms with Crippen molar-refractivity contribution < 1.29 is 18.9 Å². The summed E-state index contributed by atoms with van der Waals surface area (Å²) in [4.78, 5) is 15.3. The van der Waals surface area contributed by atoms with E-state index in [9.17, 15) is 4.79 Å². The van der Waals surface area contributed by atoms with Crippen LogP contribution >= 0.6 is 0 Å². The molecule has 168 valence electrons. The molecule has 0 spiro atoms. The second kappa shape index (κ2) is 9.43. The highest BCUT2D eigenvalue weighted by Crippen LogP contribution is 2.23. The number of carbonyl (C=O) groups is 1. The first-order valence-corrected chi connectivity index (χ1v) is 9.91. The molecule has 1 aliphatic heterocycles. The van der Waals surface area contributed by atoms with E-state index >= 15 is 0 Å². The highest BCUT2D eigenvalue weighted by atomic mass is 16.6. The Bertz CT molecular complexity index is 1120. The normalized spacial score (nSPS) is 14.2. The van der Waals surface area contributed by atoms with Gasteiger partial charge in [-0.1, -0.05) is 5.21 Å². The number of nitrogens with two attached hydrogens (primary N) is 1. The number of nitrogen functional groups attached to an aromatic ring is 1. The van der Waals surface area contributed by atoms with Gasteiger partial charge in [0.25, 0.3) is 5.91 Å². The average molecular weight is 441 g/mol. The smallest absolute Gasteiger partial charge is 0.292 e. The summed E-state index contributed by atoms with van der Waals surface area (Å²) in [7, 11) is 3.10. The van der Waals surface area contributed by atoms with Gasteiger partial charge in [-0.15, -0.1) is 5.10 Å². The number of likely N-dealkylation sites (tertiary alicyclic amines) is 1. The van der Waals surface area contributed by atoms with Gasteiger partial charge in [0.05, 0.1) is 20.4 Å². The number of carbonyl (C=O) groups excluding carboxylic acids is 1. The number of nitrogens with zero attached hydrogens (tertiary/aromatic N) is 7. The fourth-order valence-corrected chi connectivity index (χ4v) is 3.42. The lowest BCUT2D eigenvalue weighted by atomic mass is 10.2. The zero-order valence-electron chi connectivity index (χ0n) is 17.7. The summed E-state index contributed by atoms with van der Waals surface area (Å²) in [5.41, 5.74) is 9.58. The standard InChI is InChI=1S/C19H23N9O4/c1-30-13-6-5-12(15(9-13)31-2)10-21-23-19(29)16-14(11-27-7-3-4-8-27)22-26-28(16)18-17(20)24-32-25-18/h5-6,9-10H,3-4,7-8,11H2,1-2H3,(H2,20,24)(H,23,29). The summed E-state index contributed by atoms with van der Waals surface area (Å²) in [6, 6.07) is 5.25. The molecule has 1 fully saturated rings. The summed E-state index contributed by atoms with van der Waals surface area (Å²) in [6.07, 6.45) is 3.67. The first-order valence-electron chi connectivity index (χ1n) is 9.91. The highest BCUT2D eigenvalue weighted by Gasteiger charge is 2.26. The minimum Gasteiger partial charge on any atom is -0.497 e. The van der Waals surface area contributed by atoms with Crippen molar-refractivity contribution in [2.45, 2.75) is 19.4 Å². The fourth-order valence-electron chi connectivity index (χ4n) is 3.42. The van der Waals surface area contributed by atoms with Crippen LogP contribution in [0.2, 0.25) is 0 Å². The summed E-state index contributed by atoms with van der Waals surface area (Å²) in [5, 5.41) is 19.6. The number of ether oxygens (including phenoxy) is 2. The van der Waals surface area contributed by atoms with E-state index in [0.29, 0.717) is 29.3 Å². The maximum Gasteiger partial charge on any atom is 0.292 e. The Labute approximate surface area is 183 Å². The second-order valence-corrected chi connectivity index (χ2v) is 7.06. The third kappa shape index (κ3) is 4.37. The molecule has 1 saturated heterocycles. The van der Waals surface area contributed by atoms with Gasteiger partial charge in [0.1, 0.15) is 17.2 Å². The average Bonchev–Trinajstić information content (AvgIpc) is 3.55. The zero-order chi connectivity index (χ0) is 22.5. The zero-order valence-corrected chi connectivity index (χ0v) is 17.7. The Kier molecular flexibility index (Phi) is 6.26. The van der Waals surface area contributed by atoms with Crippen molar-refractivity contribution in [3.05, 3.63) is 35.2 Å². The third-order valence-corrected chi connectivity index (χ3v) is 5.03. The fraction of sp³-hybridized carbons (Fsp3) is 0.368. The minimum absolute atomic E-state index is 0.0110. The van der Waals surface area contributed by atoms with E-state index in [1.54, 1.807) is 25.3 Å². The van der Waals surface area contributed by atoms with Crippen LogP contribution < -0.4 is 20.6 Å². The van der Waals surface area contributed by atoms with Gasteiger partial charge in [-0.3, -0.25) is 9.69 Å². The highest BCUT2D eigenvalue weighted by molar-refractivity contribution is 5.95. The SMILES string of the molecule is COc1ccc(C=NNC(=O)c2c(CN3CCCC3)nnn2-c2nonc2N)c(OC)c1. The van der Waals surface area contributed by atoms with Crippen LogP contribution in [0.3, 0.4) is 0 Å². The molecular weight excluding hydrogens is 418 g/mol. The van der Waals surface area contributed by atoms with Gasteiger partial charge in [-0.25, -0.2) is 10.1 Å². The van der Waals surface area contributed by atoms with Gasteiger partial charge in [0.15, 0.2) is 5.69 Å². The lowest BCUT2D eigenvalue weighted by molar-refractivity contribution is 0.0945. The Morgan fingerprint density at radius 3 is 2.78 bits per heavy atom. The first-order chi connectivity index (χ1) is 15.6. The van der Waals surface area contributed by atoms with E-state index < -0.39 is 5.91 Å². The van der Waals surface area contributed by atoms with Gasteiger partial charge >= 0.3 is 0 Å². The molecular formula is C19H23N9O4. The van der Waals surface area contributed by atoms with Crippen LogP contribution in [0.25, 0.3) is 5.82 Å². The Hall–Kier alpha value is -4.00. The van der Waals surface area contributed by atoms with E-state index in [4.69, 9.17) is 15.2 Å². The number of hydrogen-bond acceptors (Lipinski definition) is 11. The molecule has 3 heterocycles. The molecule has 13 heteroatoms. The van der Waals surface area contributed by atoms with Crippen LogP contribution in [0.5, 0.6) is 11.5 Å². The largest absolute Gasteiger partial charge is 0.497 e. The van der Waals surface area contributed by atoms with E-state index in [0.717, 1.165) is 25.9 Å². The van der Waals surface area contributed by atoms with E-state index in [1.807, 2.05) is 0 Å². The van der Waals surface area contributed by atoms with Crippen LogP contribution in [0.4, 0.5) is 5.82 Å². The van der Waals surface area contributed by atoms with Gasteiger partial charge < -0.3 is 15.2 Å². The molecule has 3 aromatic rings. The van der Waals surface area contributed by atoms with E-state index in [-0.39, 0.29) is 17.3 Å². The predicted molar refractivity (Wildman–Crippen MR) is 113 cm³/mol. The van der Waals surface area contributed by atoms with Crippen LogP contribution in [0, 0.1) is 0 Å². The molecule has 13 nitrogen and oxygen atoms in total. The van der Waals surface area contributed by atoms with Crippen molar-refractivity contribution in [1.29, 1.82) is 0 Å². The molecule has 0 atom stereocenters. The number of anilines is 1. The Balaban J connectivity index is 1.58. The number of nitrogens with one attached hydrogen (secondary N) is 1. The molecule has 3 N–H and O–H groups in total. The van der Waals surface area contributed by atoms with Crippen molar-refractivity contribution >= 4 is 17.9 Å².